The highest BCUT2D eigenvalue weighted by molar-refractivity contribution is 5.96. The van der Waals surface area contributed by atoms with Gasteiger partial charge >= 0.3 is 5.97 Å². The second kappa shape index (κ2) is 11.0. The number of carbonyl (C=O) groups excluding carboxylic acids is 1. The number of pyridine rings is 1. The lowest BCUT2D eigenvalue weighted by Gasteiger charge is -2.15. The summed E-state index contributed by atoms with van der Waals surface area (Å²) in [6.45, 7) is 0.405. The van der Waals surface area contributed by atoms with Crippen molar-refractivity contribution in [2.45, 2.75) is 25.4 Å². The van der Waals surface area contributed by atoms with Crippen LogP contribution in [0.25, 0.3) is 10.8 Å². The van der Waals surface area contributed by atoms with Gasteiger partial charge in [-0.15, -0.1) is 0 Å². The lowest BCUT2D eigenvalue weighted by atomic mass is 10.1. The Bertz CT molecular complexity index is 1280. The van der Waals surface area contributed by atoms with Crippen LogP contribution in [-0.2, 0) is 11.3 Å². The highest BCUT2D eigenvalue weighted by Crippen LogP contribution is 2.26. The normalized spacial score (nSPS) is 11.6. The molecular weight excluding hydrogens is 438 g/mol. The summed E-state index contributed by atoms with van der Waals surface area (Å²) in [5, 5.41) is 13.8. The fourth-order valence-electron chi connectivity index (χ4n) is 3.59. The van der Waals surface area contributed by atoms with Gasteiger partial charge in [0, 0.05) is 18.3 Å². The van der Waals surface area contributed by atoms with E-state index in [0.29, 0.717) is 12.2 Å². The molecule has 3 aromatic rings. The molecule has 1 unspecified atom stereocenters. The van der Waals surface area contributed by atoms with Gasteiger partial charge in [-0.05, 0) is 47.9 Å². The number of methoxy groups -OCH3 is 1. The first-order valence-electron chi connectivity index (χ1n) is 10.6. The molecule has 10 heteroatoms. The second-order valence-electron chi connectivity index (χ2n) is 7.68. The van der Waals surface area contributed by atoms with E-state index in [9.17, 15) is 19.5 Å². The molecule has 0 bridgehead atoms. The predicted molar refractivity (Wildman–Crippen MR) is 129 cm³/mol. The number of aliphatic carboxylic acids is 1. The molecule has 10 nitrogen and oxygen atoms in total. The van der Waals surface area contributed by atoms with Crippen LogP contribution in [0, 0.1) is 0 Å². The van der Waals surface area contributed by atoms with Crippen LogP contribution >= 0.6 is 0 Å². The van der Waals surface area contributed by atoms with Crippen LogP contribution in [0.4, 0.5) is 0 Å². The van der Waals surface area contributed by atoms with E-state index in [1.165, 1.54) is 10.6 Å². The van der Waals surface area contributed by atoms with Crippen LogP contribution in [0.15, 0.2) is 64.5 Å². The molecule has 1 aromatic heterocycles. The molecule has 0 fully saturated rings. The summed E-state index contributed by atoms with van der Waals surface area (Å²) in [6.07, 6.45) is 2.01. The van der Waals surface area contributed by atoms with Crippen LogP contribution in [0.1, 0.15) is 28.8 Å². The standard InChI is InChI=1S/C24H27N5O5/c1-34-20-13-16-7-3-2-6-15(16)12-17(20)14-29-11-5-8-18(22(29)31)21(30)28-19(23(32)33)9-4-10-27-24(25)26/h2-3,5-8,11-13,19H,4,9-10,14H2,1H3,(H,28,30)(H,32,33)(H4,25,26,27). The number of hydrogen-bond donors (Lipinski definition) is 4. The number of carboxylic acids is 1. The molecule has 2 aromatic carbocycles. The minimum atomic E-state index is -1.21. The molecule has 1 amide bonds. The Balaban J connectivity index is 1.81. The maximum absolute atomic E-state index is 13.0. The van der Waals surface area contributed by atoms with Gasteiger partial charge in [0.25, 0.3) is 11.5 Å². The Kier molecular flexibility index (Phi) is 7.86. The van der Waals surface area contributed by atoms with Gasteiger partial charge in [-0.2, -0.15) is 0 Å². The van der Waals surface area contributed by atoms with Crippen LogP contribution in [-0.4, -0.2) is 47.2 Å². The number of carbonyl (C=O) groups is 2. The molecule has 6 N–H and O–H groups in total. The van der Waals surface area contributed by atoms with Crippen molar-refractivity contribution in [3.05, 3.63) is 76.2 Å². The minimum absolute atomic E-state index is 0.0937. The van der Waals surface area contributed by atoms with Crippen molar-refractivity contribution in [1.29, 1.82) is 0 Å². The maximum Gasteiger partial charge on any atom is 0.326 e. The van der Waals surface area contributed by atoms with Gasteiger partial charge in [-0.1, -0.05) is 24.3 Å². The zero-order valence-electron chi connectivity index (χ0n) is 18.7. The number of guanidine groups is 1. The average Bonchev–Trinajstić information content (AvgIpc) is 2.81. The fraction of sp³-hybridized carbons (Fsp3) is 0.250. The van der Waals surface area contributed by atoms with E-state index in [1.807, 2.05) is 36.4 Å². The minimum Gasteiger partial charge on any atom is -0.496 e. The summed E-state index contributed by atoms with van der Waals surface area (Å²) in [5.41, 5.74) is 10.6. The quantitative estimate of drug-likeness (QED) is 0.199. The third-order valence-electron chi connectivity index (χ3n) is 5.30. The average molecular weight is 466 g/mol. The summed E-state index contributed by atoms with van der Waals surface area (Å²) in [5.74, 6) is -1.45. The number of aromatic nitrogens is 1. The largest absolute Gasteiger partial charge is 0.496 e. The summed E-state index contributed by atoms with van der Waals surface area (Å²) in [6, 6.07) is 13.4. The first-order chi connectivity index (χ1) is 16.3. The highest BCUT2D eigenvalue weighted by atomic mass is 16.5. The van der Waals surface area contributed by atoms with Crippen LogP contribution in [0.5, 0.6) is 5.75 Å². The predicted octanol–water partition coefficient (Wildman–Crippen LogP) is 1.30. The van der Waals surface area contributed by atoms with Gasteiger partial charge in [0.1, 0.15) is 17.4 Å². The van der Waals surface area contributed by atoms with E-state index < -0.39 is 23.5 Å². The van der Waals surface area contributed by atoms with E-state index in [4.69, 9.17) is 16.2 Å². The first-order valence-corrected chi connectivity index (χ1v) is 10.6. The van der Waals surface area contributed by atoms with Crippen molar-refractivity contribution >= 4 is 28.6 Å². The van der Waals surface area contributed by atoms with Crippen molar-refractivity contribution in [1.82, 2.24) is 9.88 Å². The molecule has 0 radical (unpaired) electrons. The summed E-state index contributed by atoms with van der Waals surface area (Å²) in [7, 11) is 1.56. The molecule has 0 aliphatic carbocycles. The van der Waals surface area contributed by atoms with Gasteiger partial charge < -0.3 is 31.2 Å². The summed E-state index contributed by atoms with van der Waals surface area (Å²) >= 11 is 0. The number of carboxylic acid groups (broad SMARTS) is 1. The molecule has 0 saturated carbocycles. The van der Waals surface area contributed by atoms with Gasteiger partial charge in [-0.25, -0.2) is 4.79 Å². The molecule has 1 atom stereocenters. The molecule has 0 spiro atoms. The van der Waals surface area contributed by atoms with Crippen molar-refractivity contribution in [3.63, 3.8) is 0 Å². The third kappa shape index (κ3) is 5.91. The van der Waals surface area contributed by atoms with Crippen LogP contribution in [0.3, 0.4) is 0 Å². The van der Waals surface area contributed by atoms with Crippen LogP contribution in [0.2, 0.25) is 0 Å². The number of amides is 1. The summed E-state index contributed by atoms with van der Waals surface area (Å²) in [4.78, 5) is 41.1. The fourth-order valence-corrected chi connectivity index (χ4v) is 3.59. The number of fused-ring (bicyclic) bond motifs is 1. The zero-order chi connectivity index (χ0) is 24.7. The second-order valence-corrected chi connectivity index (χ2v) is 7.68. The van der Waals surface area contributed by atoms with Crippen molar-refractivity contribution in [2.75, 3.05) is 13.7 Å². The van der Waals surface area contributed by atoms with Gasteiger partial charge in [0.2, 0.25) is 0 Å². The lowest BCUT2D eigenvalue weighted by molar-refractivity contribution is -0.139. The number of nitrogens with two attached hydrogens (primary N) is 2. The number of nitrogens with zero attached hydrogens (tertiary/aromatic N) is 2. The van der Waals surface area contributed by atoms with E-state index in [2.05, 4.69) is 10.3 Å². The Labute approximate surface area is 195 Å². The van der Waals surface area contributed by atoms with Crippen LogP contribution < -0.4 is 27.1 Å². The van der Waals surface area contributed by atoms with Crippen molar-refractivity contribution < 1.29 is 19.4 Å². The molecule has 34 heavy (non-hydrogen) atoms. The Morgan fingerprint density at radius 3 is 2.50 bits per heavy atom. The number of hydrogen-bond acceptors (Lipinski definition) is 5. The van der Waals surface area contributed by atoms with Crippen molar-refractivity contribution in [3.8, 4) is 5.75 Å². The van der Waals surface area contributed by atoms with Gasteiger partial charge in [-0.3, -0.25) is 14.6 Å². The monoisotopic (exact) mass is 465 g/mol. The molecule has 0 aliphatic heterocycles. The number of rotatable bonds is 10. The number of aliphatic imine (C=N–C) groups is 1. The zero-order valence-corrected chi connectivity index (χ0v) is 18.7. The first kappa shape index (κ1) is 24.3. The molecular formula is C24H27N5O5. The lowest BCUT2D eigenvalue weighted by Crippen LogP contribution is -2.43. The van der Waals surface area contributed by atoms with E-state index in [-0.39, 0.29) is 31.0 Å². The topological polar surface area (TPSA) is 162 Å². The Hall–Kier alpha value is -4.34. The number of benzene rings is 2. The Morgan fingerprint density at radius 1 is 1.15 bits per heavy atom. The SMILES string of the molecule is COc1cc2ccccc2cc1Cn1cccc(C(=O)NC(CCCN=C(N)N)C(=O)O)c1=O. The van der Waals surface area contributed by atoms with E-state index in [0.717, 1.165) is 16.3 Å². The van der Waals surface area contributed by atoms with Gasteiger partial charge in [0.15, 0.2) is 5.96 Å². The summed E-state index contributed by atoms with van der Waals surface area (Å²) < 4.78 is 6.88. The van der Waals surface area contributed by atoms with E-state index in [1.54, 1.807) is 19.4 Å². The molecule has 1 heterocycles. The molecule has 178 valence electrons. The molecule has 0 aliphatic rings. The third-order valence-corrected chi connectivity index (χ3v) is 5.30. The molecule has 3 rings (SSSR count). The smallest absolute Gasteiger partial charge is 0.326 e. The molecule has 0 saturated heterocycles. The van der Waals surface area contributed by atoms with Gasteiger partial charge in [0.05, 0.1) is 13.7 Å². The number of ether oxygens (including phenoxy) is 1. The number of nitrogens with one attached hydrogen (secondary N) is 1. The van der Waals surface area contributed by atoms with E-state index >= 15 is 0 Å². The highest BCUT2D eigenvalue weighted by Gasteiger charge is 2.22. The van der Waals surface area contributed by atoms with Crippen molar-refractivity contribution in [2.24, 2.45) is 16.5 Å². The maximum atomic E-state index is 13.0. The Morgan fingerprint density at radius 2 is 1.85 bits per heavy atom.